The summed E-state index contributed by atoms with van der Waals surface area (Å²) in [7, 11) is 1.44. The molecule has 0 bridgehead atoms. The zero-order valence-corrected chi connectivity index (χ0v) is 15.2. The van der Waals surface area contributed by atoms with Crippen molar-refractivity contribution in [1.82, 2.24) is 20.4 Å². The van der Waals surface area contributed by atoms with Crippen molar-refractivity contribution in [1.29, 1.82) is 0 Å². The van der Waals surface area contributed by atoms with Gasteiger partial charge in [0.2, 0.25) is 11.1 Å². The highest BCUT2D eigenvalue weighted by molar-refractivity contribution is 6.28. The number of methoxy groups -OCH3 is 1. The third kappa shape index (κ3) is 4.77. The second kappa shape index (κ2) is 8.87. The van der Waals surface area contributed by atoms with Gasteiger partial charge < -0.3 is 9.47 Å². The fourth-order valence-corrected chi connectivity index (χ4v) is 2.21. The molecule has 0 aliphatic carbocycles. The third-order valence-electron chi connectivity index (χ3n) is 3.38. The van der Waals surface area contributed by atoms with Crippen molar-refractivity contribution in [3.63, 3.8) is 0 Å². The van der Waals surface area contributed by atoms with Crippen LogP contribution in [0, 0.1) is 5.82 Å². The van der Waals surface area contributed by atoms with E-state index in [1.807, 2.05) is 0 Å². The van der Waals surface area contributed by atoms with Crippen molar-refractivity contribution in [3.8, 4) is 17.4 Å². The second-order valence-electron chi connectivity index (χ2n) is 5.25. The van der Waals surface area contributed by atoms with Gasteiger partial charge in [-0.05, 0) is 47.5 Å². The molecule has 0 fully saturated rings. The van der Waals surface area contributed by atoms with Crippen molar-refractivity contribution in [2.45, 2.75) is 0 Å². The van der Waals surface area contributed by atoms with E-state index in [-0.39, 0.29) is 16.9 Å². The Balaban J connectivity index is 1.77. The van der Waals surface area contributed by atoms with Gasteiger partial charge in [-0.1, -0.05) is 0 Å². The van der Waals surface area contributed by atoms with E-state index in [1.54, 1.807) is 30.5 Å². The van der Waals surface area contributed by atoms with Gasteiger partial charge in [0.15, 0.2) is 11.5 Å². The molecule has 10 heteroatoms. The summed E-state index contributed by atoms with van der Waals surface area (Å²) in [6, 6.07) is 8.06. The van der Waals surface area contributed by atoms with Crippen molar-refractivity contribution in [2.75, 3.05) is 7.11 Å². The monoisotopic (exact) mass is 401 g/mol. The van der Waals surface area contributed by atoms with E-state index in [0.717, 1.165) is 6.20 Å². The molecule has 0 radical (unpaired) electrons. The molecule has 3 rings (SSSR count). The number of hydrogen-bond acceptors (Lipinski definition) is 7. The van der Waals surface area contributed by atoms with E-state index < -0.39 is 11.7 Å². The van der Waals surface area contributed by atoms with Crippen LogP contribution in [0.15, 0.2) is 54.0 Å². The normalized spacial score (nSPS) is 10.7. The van der Waals surface area contributed by atoms with E-state index in [4.69, 9.17) is 21.1 Å². The molecule has 0 atom stereocenters. The Morgan fingerprint density at radius 3 is 2.89 bits per heavy atom. The van der Waals surface area contributed by atoms with Gasteiger partial charge in [0.05, 0.1) is 25.1 Å². The number of carbonyl (C=O) groups is 1. The number of rotatable bonds is 6. The smallest absolute Gasteiger partial charge is 0.272 e. The summed E-state index contributed by atoms with van der Waals surface area (Å²) >= 11 is 5.67. The second-order valence-corrected chi connectivity index (χ2v) is 5.58. The predicted octanol–water partition coefficient (Wildman–Crippen LogP) is 3.23. The summed E-state index contributed by atoms with van der Waals surface area (Å²) in [5.41, 5.74) is 3.31. The lowest BCUT2D eigenvalue weighted by molar-refractivity contribution is 0.0955. The lowest BCUT2D eigenvalue weighted by atomic mass is 10.2. The maximum absolute atomic E-state index is 13.8. The largest absolute Gasteiger partial charge is 0.493 e. The summed E-state index contributed by atoms with van der Waals surface area (Å²) < 4.78 is 24.5. The molecule has 1 N–H and O–H groups in total. The van der Waals surface area contributed by atoms with Gasteiger partial charge in [-0.25, -0.2) is 10.4 Å². The zero-order chi connectivity index (χ0) is 19.9. The molecule has 1 amide bonds. The number of nitrogens with zero attached hydrogens (tertiary/aromatic N) is 4. The molecule has 0 aliphatic rings. The van der Waals surface area contributed by atoms with Crippen molar-refractivity contribution in [3.05, 3.63) is 71.2 Å². The van der Waals surface area contributed by atoms with E-state index in [2.05, 4.69) is 25.5 Å². The Bertz CT molecular complexity index is 1020. The average molecular weight is 402 g/mol. The molecular weight excluding hydrogens is 389 g/mol. The SMILES string of the molecule is COc1ccc(/C=N\NC(=O)c2cccnc2)cc1Oc1nc(Cl)ncc1F. The summed E-state index contributed by atoms with van der Waals surface area (Å²) in [5, 5.41) is 3.72. The van der Waals surface area contributed by atoms with E-state index in [0.29, 0.717) is 16.9 Å². The Kier molecular flexibility index (Phi) is 6.07. The van der Waals surface area contributed by atoms with Gasteiger partial charge >= 0.3 is 0 Å². The van der Waals surface area contributed by atoms with E-state index in [1.165, 1.54) is 25.6 Å². The number of benzene rings is 1. The Hall–Kier alpha value is -3.59. The number of amides is 1. The number of halogens is 2. The van der Waals surface area contributed by atoms with Crippen LogP contribution in [0.1, 0.15) is 15.9 Å². The van der Waals surface area contributed by atoms with Crippen LogP contribution in [0.2, 0.25) is 5.28 Å². The highest BCUT2D eigenvalue weighted by atomic mass is 35.5. The number of hydrogen-bond donors (Lipinski definition) is 1. The molecule has 0 unspecified atom stereocenters. The first-order valence-electron chi connectivity index (χ1n) is 7.84. The lowest BCUT2D eigenvalue weighted by Gasteiger charge is -2.10. The van der Waals surface area contributed by atoms with E-state index >= 15 is 0 Å². The Labute approximate surface area is 164 Å². The van der Waals surface area contributed by atoms with Gasteiger partial charge in [0.1, 0.15) is 0 Å². The maximum atomic E-state index is 13.8. The van der Waals surface area contributed by atoms with Crippen LogP contribution in [0.4, 0.5) is 4.39 Å². The van der Waals surface area contributed by atoms with Gasteiger partial charge in [-0.3, -0.25) is 9.78 Å². The Morgan fingerprint density at radius 2 is 2.14 bits per heavy atom. The molecule has 0 saturated carbocycles. The highest BCUT2D eigenvalue weighted by Crippen LogP contribution is 2.32. The van der Waals surface area contributed by atoms with Crippen LogP contribution in [-0.2, 0) is 0 Å². The van der Waals surface area contributed by atoms with E-state index in [9.17, 15) is 9.18 Å². The summed E-state index contributed by atoms with van der Waals surface area (Å²) in [5.74, 6) is -1.03. The van der Waals surface area contributed by atoms with Gasteiger partial charge in [0.25, 0.3) is 11.8 Å². The molecule has 3 aromatic rings. The van der Waals surface area contributed by atoms with Crippen LogP contribution in [-0.4, -0.2) is 34.2 Å². The fourth-order valence-electron chi connectivity index (χ4n) is 2.09. The number of pyridine rings is 1. The molecule has 2 aromatic heterocycles. The first-order chi connectivity index (χ1) is 13.6. The number of nitrogens with one attached hydrogen (secondary N) is 1. The number of carbonyl (C=O) groups excluding carboxylic acids is 1. The summed E-state index contributed by atoms with van der Waals surface area (Å²) in [6.07, 6.45) is 5.28. The van der Waals surface area contributed by atoms with Crippen LogP contribution in [0.5, 0.6) is 17.4 Å². The Morgan fingerprint density at radius 1 is 1.29 bits per heavy atom. The van der Waals surface area contributed by atoms with Gasteiger partial charge in [-0.15, -0.1) is 0 Å². The van der Waals surface area contributed by atoms with Crippen LogP contribution >= 0.6 is 11.6 Å². The third-order valence-corrected chi connectivity index (χ3v) is 3.56. The predicted molar refractivity (Wildman–Crippen MR) is 99.4 cm³/mol. The minimum Gasteiger partial charge on any atom is -0.493 e. The highest BCUT2D eigenvalue weighted by Gasteiger charge is 2.13. The molecule has 142 valence electrons. The fraction of sp³-hybridized carbons (Fsp3) is 0.0556. The topological polar surface area (TPSA) is 98.6 Å². The van der Waals surface area contributed by atoms with Crippen LogP contribution in [0.25, 0.3) is 0 Å². The minimum absolute atomic E-state index is 0.161. The van der Waals surface area contributed by atoms with Crippen molar-refractivity contribution < 1.29 is 18.7 Å². The summed E-state index contributed by atoms with van der Waals surface area (Å²) in [6.45, 7) is 0. The molecular formula is C18H13ClFN5O3. The first kappa shape index (κ1) is 19.2. The standard InChI is InChI=1S/C18H13ClFN5O3/c1-27-14-5-4-11(8-23-25-16(26)12-3-2-6-21-9-12)7-15(14)28-17-13(20)10-22-18(19)24-17/h2-10H,1H3,(H,25,26)/b23-8-. The lowest BCUT2D eigenvalue weighted by Crippen LogP contribution is -2.17. The zero-order valence-electron chi connectivity index (χ0n) is 14.5. The van der Waals surface area contributed by atoms with Crippen LogP contribution < -0.4 is 14.9 Å². The quantitative estimate of drug-likeness (QED) is 0.387. The molecule has 0 saturated heterocycles. The minimum atomic E-state index is -0.783. The maximum Gasteiger partial charge on any atom is 0.272 e. The molecule has 1 aromatic carbocycles. The molecule has 0 spiro atoms. The number of ether oxygens (including phenoxy) is 2. The van der Waals surface area contributed by atoms with Gasteiger partial charge in [0, 0.05) is 12.4 Å². The number of aromatic nitrogens is 3. The first-order valence-corrected chi connectivity index (χ1v) is 8.22. The molecule has 8 nitrogen and oxygen atoms in total. The molecule has 2 heterocycles. The summed E-state index contributed by atoms with van der Waals surface area (Å²) in [4.78, 5) is 23.0. The average Bonchev–Trinajstić information content (AvgIpc) is 2.71. The molecule has 28 heavy (non-hydrogen) atoms. The van der Waals surface area contributed by atoms with Crippen molar-refractivity contribution >= 4 is 23.7 Å². The van der Waals surface area contributed by atoms with Crippen LogP contribution in [0.3, 0.4) is 0 Å². The van der Waals surface area contributed by atoms with Crippen molar-refractivity contribution in [2.24, 2.45) is 5.10 Å². The van der Waals surface area contributed by atoms with Gasteiger partial charge in [-0.2, -0.15) is 14.5 Å². The number of hydrazone groups is 1. The molecule has 0 aliphatic heterocycles.